The molecule has 0 fully saturated rings. The molecule has 23 heavy (non-hydrogen) atoms. The molecule has 0 unspecified atom stereocenters. The van der Waals surface area contributed by atoms with E-state index >= 15 is 0 Å². The molecule has 2 rings (SSSR count). The predicted octanol–water partition coefficient (Wildman–Crippen LogP) is 0.295. The van der Waals surface area contributed by atoms with Crippen molar-refractivity contribution in [2.75, 3.05) is 10.6 Å². The highest BCUT2D eigenvalue weighted by atomic mass is 16.2. The summed E-state index contributed by atoms with van der Waals surface area (Å²) in [7, 11) is 2.77. The van der Waals surface area contributed by atoms with Crippen LogP contribution in [0.25, 0.3) is 0 Å². The van der Waals surface area contributed by atoms with Gasteiger partial charge in [-0.05, 0) is 24.3 Å². The van der Waals surface area contributed by atoms with Gasteiger partial charge in [-0.15, -0.1) is 0 Å². The number of amides is 2. The van der Waals surface area contributed by atoms with E-state index in [1.807, 2.05) is 0 Å². The molecule has 2 amide bonds. The van der Waals surface area contributed by atoms with Crippen molar-refractivity contribution >= 4 is 23.2 Å². The minimum atomic E-state index is -0.666. The van der Waals surface area contributed by atoms with Crippen molar-refractivity contribution in [2.24, 2.45) is 14.1 Å². The van der Waals surface area contributed by atoms with Crippen molar-refractivity contribution < 1.29 is 9.59 Å². The maximum absolute atomic E-state index is 12.2. The molecule has 0 spiro atoms. The van der Waals surface area contributed by atoms with E-state index in [1.165, 1.54) is 27.2 Å². The standard InChI is InChI=1S/C15H16N4O4/c1-9(20)16-10-4-6-11(7-5-10)17-13(21)12-8-18(2)15(23)19(3)14(12)22/h4-8H,1-3H3,(H,16,20)(H,17,21). The van der Waals surface area contributed by atoms with E-state index in [2.05, 4.69) is 10.6 Å². The Balaban J connectivity index is 2.24. The molecule has 120 valence electrons. The van der Waals surface area contributed by atoms with Crippen LogP contribution in [0.4, 0.5) is 11.4 Å². The second kappa shape index (κ2) is 6.30. The second-order valence-electron chi connectivity index (χ2n) is 5.01. The van der Waals surface area contributed by atoms with E-state index in [4.69, 9.17) is 0 Å². The number of nitrogens with zero attached hydrogens (tertiary/aromatic N) is 2. The third kappa shape index (κ3) is 3.54. The Kier molecular flexibility index (Phi) is 4.44. The highest BCUT2D eigenvalue weighted by Gasteiger charge is 2.14. The average Bonchev–Trinajstić information content (AvgIpc) is 2.50. The number of carbonyl (C=O) groups excluding carboxylic acids is 2. The number of aromatic nitrogens is 2. The van der Waals surface area contributed by atoms with Gasteiger partial charge in [0.2, 0.25) is 5.91 Å². The first-order valence-corrected chi connectivity index (χ1v) is 6.75. The van der Waals surface area contributed by atoms with Crippen LogP contribution in [-0.4, -0.2) is 20.9 Å². The summed E-state index contributed by atoms with van der Waals surface area (Å²) in [6, 6.07) is 6.43. The number of aryl methyl sites for hydroxylation is 1. The lowest BCUT2D eigenvalue weighted by atomic mass is 10.2. The predicted molar refractivity (Wildman–Crippen MR) is 85.6 cm³/mol. The Morgan fingerprint density at radius 1 is 0.957 bits per heavy atom. The normalized spacial score (nSPS) is 10.2. The van der Waals surface area contributed by atoms with Crippen LogP contribution in [0, 0.1) is 0 Å². The van der Waals surface area contributed by atoms with E-state index < -0.39 is 17.2 Å². The lowest BCUT2D eigenvalue weighted by Gasteiger charge is -2.08. The average molecular weight is 316 g/mol. The first-order valence-electron chi connectivity index (χ1n) is 6.75. The van der Waals surface area contributed by atoms with Crippen LogP contribution < -0.4 is 21.9 Å². The Bertz CT molecular complexity index is 878. The molecule has 8 heteroatoms. The van der Waals surface area contributed by atoms with Gasteiger partial charge in [0.05, 0.1) is 0 Å². The highest BCUT2D eigenvalue weighted by Crippen LogP contribution is 2.14. The van der Waals surface area contributed by atoms with Gasteiger partial charge in [0.1, 0.15) is 5.56 Å². The fraction of sp³-hybridized carbons (Fsp3) is 0.200. The minimum absolute atomic E-state index is 0.138. The molecule has 0 aliphatic carbocycles. The molecule has 2 N–H and O–H groups in total. The summed E-state index contributed by atoms with van der Waals surface area (Å²) < 4.78 is 2.03. The summed E-state index contributed by atoms with van der Waals surface area (Å²) in [6.07, 6.45) is 1.20. The Morgan fingerprint density at radius 2 is 1.48 bits per heavy atom. The molecule has 0 saturated carbocycles. The molecular formula is C15H16N4O4. The van der Waals surface area contributed by atoms with Gasteiger partial charge in [-0.3, -0.25) is 19.0 Å². The SMILES string of the molecule is CC(=O)Nc1ccc(NC(=O)c2cn(C)c(=O)n(C)c2=O)cc1. The lowest BCUT2D eigenvalue weighted by Crippen LogP contribution is -2.40. The van der Waals surface area contributed by atoms with Crippen LogP contribution in [0.5, 0.6) is 0 Å². The zero-order chi connectivity index (χ0) is 17.1. The van der Waals surface area contributed by atoms with E-state index in [0.717, 1.165) is 9.13 Å². The van der Waals surface area contributed by atoms with E-state index in [1.54, 1.807) is 24.3 Å². The number of anilines is 2. The molecule has 0 bridgehead atoms. The molecule has 0 atom stereocenters. The van der Waals surface area contributed by atoms with E-state index in [0.29, 0.717) is 11.4 Å². The topological polar surface area (TPSA) is 102 Å². The molecule has 0 saturated heterocycles. The van der Waals surface area contributed by atoms with Crippen LogP contribution in [0.2, 0.25) is 0 Å². The molecule has 0 radical (unpaired) electrons. The zero-order valence-electron chi connectivity index (χ0n) is 12.9. The van der Waals surface area contributed by atoms with Gasteiger partial charge in [-0.2, -0.15) is 0 Å². The number of rotatable bonds is 3. The van der Waals surface area contributed by atoms with Crippen LogP contribution in [-0.2, 0) is 18.9 Å². The van der Waals surface area contributed by atoms with Crippen molar-refractivity contribution in [3.8, 4) is 0 Å². The largest absolute Gasteiger partial charge is 0.330 e. The van der Waals surface area contributed by atoms with Crippen molar-refractivity contribution in [1.29, 1.82) is 0 Å². The lowest BCUT2D eigenvalue weighted by molar-refractivity contribution is -0.114. The van der Waals surface area contributed by atoms with Gasteiger partial charge in [0.25, 0.3) is 11.5 Å². The molecule has 8 nitrogen and oxygen atoms in total. The number of benzene rings is 1. The number of hydrogen-bond donors (Lipinski definition) is 2. The third-order valence-electron chi connectivity index (χ3n) is 3.15. The van der Waals surface area contributed by atoms with E-state index in [9.17, 15) is 19.2 Å². The molecule has 0 aliphatic heterocycles. The Morgan fingerprint density at radius 3 is 2.00 bits per heavy atom. The molecule has 2 aromatic rings. The molecule has 1 aromatic heterocycles. The summed E-state index contributed by atoms with van der Waals surface area (Å²) in [5.74, 6) is -0.816. The van der Waals surface area contributed by atoms with Gasteiger partial charge in [0.15, 0.2) is 0 Å². The van der Waals surface area contributed by atoms with Crippen molar-refractivity contribution in [3.63, 3.8) is 0 Å². The van der Waals surface area contributed by atoms with Crippen LogP contribution in [0.15, 0.2) is 40.1 Å². The van der Waals surface area contributed by atoms with Crippen molar-refractivity contribution in [1.82, 2.24) is 9.13 Å². The maximum Gasteiger partial charge on any atom is 0.330 e. The van der Waals surface area contributed by atoms with E-state index in [-0.39, 0.29) is 11.5 Å². The fourth-order valence-corrected chi connectivity index (χ4v) is 2.00. The van der Waals surface area contributed by atoms with Gasteiger partial charge in [-0.25, -0.2) is 4.79 Å². The van der Waals surface area contributed by atoms with Crippen LogP contribution in [0.1, 0.15) is 17.3 Å². The van der Waals surface area contributed by atoms with Gasteiger partial charge in [-0.1, -0.05) is 0 Å². The second-order valence-corrected chi connectivity index (χ2v) is 5.01. The number of nitrogens with one attached hydrogen (secondary N) is 2. The summed E-state index contributed by atoms with van der Waals surface area (Å²) in [6.45, 7) is 1.39. The molecular weight excluding hydrogens is 300 g/mol. The Labute approximate surface area is 131 Å². The summed E-state index contributed by atoms with van der Waals surface area (Å²) in [4.78, 5) is 46.7. The monoisotopic (exact) mass is 316 g/mol. The summed E-state index contributed by atoms with van der Waals surface area (Å²) in [5.41, 5.74) is -0.263. The minimum Gasteiger partial charge on any atom is -0.326 e. The van der Waals surface area contributed by atoms with Gasteiger partial charge >= 0.3 is 5.69 Å². The maximum atomic E-state index is 12.2. The zero-order valence-corrected chi connectivity index (χ0v) is 12.9. The van der Waals surface area contributed by atoms with Crippen LogP contribution >= 0.6 is 0 Å². The first kappa shape index (κ1) is 16.2. The van der Waals surface area contributed by atoms with Crippen molar-refractivity contribution in [2.45, 2.75) is 6.92 Å². The summed E-state index contributed by atoms with van der Waals surface area (Å²) >= 11 is 0. The third-order valence-corrected chi connectivity index (χ3v) is 3.15. The smallest absolute Gasteiger partial charge is 0.326 e. The summed E-state index contributed by atoms with van der Waals surface area (Å²) in [5, 5.41) is 5.18. The fourth-order valence-electron chi connectivity index (χ4n) is 2.00. The van der Waals surface area contributed by atoms with Crippen LogP contribution in [0.3, 0.4) is 0 Å². The molecule has 1 aromatic carbocycles. The highest BCUT2D eigenvalue weighted by molar-refractivity contribution is 6.04. The molecule has 1 heterocycles. The quantitative estimate of drug-likeness (QED) is 0.850. The van der Waals surface area contributed by atoms with Gasteiger partial charge < -0.3 is 15.2 Å². The number of carbonyl (C=O) groups is 2. The molecule has 0 aliphatic rings. The van der Waals surface area contributed by atoms with Gasteiger partial charge in [0, 0.05) is 38.6 Å². The van der Waals surface area contributed by atoms with Crippen molar-refractivity contribution in [3.05, 3.63) is 56.9 Å². The first-order chi connectivity index (χ1) is 10.8. The Hall–Kier alpha value is -3.16. The number of hydrogen-bond acceptors (Lipinski definition) is 4.